The lowest BCUT2D eigenvalue weighted by Gasteiger charge is -2.13. The lowest BCUT2D eigenvalue weighted by atomic mass is 9.89. The number of carbonyl (C=O) groups is 1. The predicted molar refractivity (Wildman–Crippen MR) is 35.1 cm³/mol. The van der Waals surface area contributed by atoms with Crippen molar-refractivity contribution in [1.29, 1.82) is 0 Å². The van der Waals surface area contributed by atoms with Crippen molar-refractivity contribution >= 4 is 6.29 Å². The maximum atomic E-state index is 10.6. The fourth-order valence-corrected chi connectivity index (χ4v) is 1.68. The van der Waals surface area contributed by atoms with Crippen molar-refractivity contribution in [2.24, 2.45) is 10.8 Å². The first-order chi connectivity index (χ1) is 4.22. The van der Waals surface area contributed by atoms with Crippen LogP contribution in [0.2, 0.25) is 0 Å². The van der Waals surface area contributed by atoms with Gasteiger partial charge in [-0.3, -0.25) is 0 Å². The average molecular weight is 124 g/mol. The molecule has 0 bridgehead atoms. The first-order valence-corrected chi connectivity index (χ1v) is 3.69. The number of hydrogen-bond donors (Lipinski definition) is 0. The lowest BCUT2D eigenvalue weighted by Crippen LogP contribution is -2.14. The van der Waals surface area contributed by atoms with E-state index in [9.17, 15) is 4.79 Å². The molecule has 1 heteroatoms. The van der Waals surface area contributed by atoms with Crippen LogP contribution in [0.4, 0.5) is 0 Å². The summed E-state index contributed by atoms with van der Waals surface area (Å²) in [5.74, 6) is 0. The number of carbonyl (C=O) groups excluding carboxylic acids is 1. The van der Waals surface area contributed by atoms with E-state index < -0.39 is 0 Å². The van der Waals surface area contributed by atoms with Crippen LogP contribution in [0, 0.1) is 10.8 Å². The van der Waals surface area contributed by atoms with Gasteiger partial charge in [0.25, 0.3) is 0 Å². The Morgan fingerprint density at radius 3 is 1.89 bits per heavy atom. The number of aldehydes is 1. The van der Waals surface area contributed by atoms with Gasteiger partial charge in [0.1, 0.15) is 6.29 Å². The van der Waals surface area contributed by atoms with E-state index in [-0.39, 0.29) is 5.41 Å². The molecule has 2 fully saturated rings. The van der Waals surface area contributed by atoms with Gasteiger partial charge in [-0.1, -0.05) is 6.92 Å². The molecule has 50 valence electrons. The van der Waals surface area contributed by atoms with Gasteiger partial charge >= 0.3 is 0 Å². The standard InChI is InChI=1S/C8H12O/c1-7(2-3-7)8(6-9)4-5-8/h6H,2-5H2,1H3. The van der Waals surface area contributed by atoms with Crippen molar-refractivity contribution in [3.05, 3.63) is 0 Å². The molecular formula is C8H12O. The Morgan fingerprint density at radius 1 is 1.22 bits per heavy atom. The largest absolute Gasteiger partial charge is 0.303 e. The van der Waals surface area contributed by atoms with Gasteiger partial charge in [-0.2, -0.15) is 0 Å². The van der Waals surface area contributed by atoms with Crippen LogP contribution in [-0.4, -0.2) is 6.29 Å². The predicted octanol–water partition coefficient (Wildman–Crippen LogP) is 1.77. The maximum absolute atomic E-state index is 10.6. The van der Waals surface area contributed by atoms with Gasteiger partial charge in [0, 0.05) is 5.41 Å². The molecule has 0 heterocycles. The molecular weight excluding hydrogens is 112 g/mol. The van der Waals surface area contributed by atoms with Crippen LogP contribution in [0.15, 0.2) is 0 Å². The second kappa shape index (κ2) is 1.23. The second-order valence-corrected chi connectivity index (χ2v) is 3.83. The van der Waals surface area contributed by atoms with Crippen LogP contribution in [-0.2, 0) is 4.79 Å². The zero-order valence-electron chi connectivity index (χ0n) is 5.81. The highest BCUT2D eigenvalue weighted by Crippen LogP contribution is 2.68. The molecule has 1 nitrogen and oxygen atoms in total. The van der Waals surface area contributed by atoms with Crippen molar-refractivity contribution in [3.63, 3.8) is 0 Å². The molecule has 0 aliphatic heterocycles. The third-order valence-corrected chi connectivity index (χ3v) is 3.22. The molecule has 2 saturated carbocycles. The summed E-state index contributed by atoms with van der Waals surface area (Å²) in [7, 11) is 0. The van der Waals surface area contributed by atoms with Crippen molar-refractivity contribution in [1.82, 2.24) is 0 Å². The molecule has 0 N–H and O–H groups in total. The Bertz CT molecular complexity index is 152. The first-order valence-electron chi connectivity index (χ1n) is 3.69. The molecule has 0 aromatic heterocycles. The van der Waals surface area contributed by atoms with Crippen LogP contribution < -0.4 is 0 Å². The third kappa shape index (κ3) is 0.525. The summed E-state index contributed by atoms with van der Waals surface area (Å²) in [6.45, 7) is 2.24. The minimum Gasteiger partial charge on any atom is -0.303 e. The van der Waals surface area contributed by atoms with E-state index in [4.69, 9.17) is 0 Å². The Kier molecular flexibility index (Phi) is 0.744. The molecule has 2 rings (SSSR count). The molecule has 0 aromatic rings. The molecule has 0 saturated heterocycles. The second-order valence-electron chi connectivity index (χ2n) is 3.83. The van der Waals surface area contributed by atoms with Crippen LogP contribution >= 0.6 is 0 Å². The Morgan fingerprint density at radius 2 is 1.78 bits per heavy atom. The fraction of sp³-hybridized carbons (Fsp3) is 0.875. The SMILES string of the molecule is CC1(C2(C=O)CC2)CC1. The van der Waals surface area contributed by atoms with Gasteiger partial charge in [-0.15, -0.1) is 0 Å². The molecule has 9 heavy (non-hydrogen) atoms. The lowest BCUT2D eigenvalue weighted by molar-refractivity contribution is -0.114. The zero-order chi connectivity index (χ0) is 6.54. The van der Waals surface area contributed by atoms with Gasteiger partial charge in [0.2, 0.25) is 0 Å². The minimum absolute atomic E-state index is 0.160. The first kappa shape index (κ1) is 5.45. The van der Waals surface area contributed by atoms with Gasteiger partial charge in [0.15, 0.2) is 0 Å². The highest BCUT2D eigenvalue weighted by Gasteiger charge is 2.62. The van der Waals surface area contributed by atoms with E-state index in [1.54, 1.807) is 0 Å². The average Bonchev–Trinajstić information content (AvgIpc) is 2.61. The van der Waals surface area contributed by atoms with Gasteiger partial charge in [-0.05, 0) is 31.1 Å². The normalized spacial score (nSPS) is 33.4. The van der Waals surface area contributed by atoms with Crippen LogP contribution in [0.3, 0.4) is 0 Å². The molecule has 0 spiro atoms. The molecule has 0 unspecified atom stereocenters. The van der Waals surface area contributed by atoms with Crippen molar-refractivity contribution in [3.8, 4) is 0 Å². The smallest absolute Gasteiger partial charge is 0.126 e. The van der Waals surface area contributed by atoms with E-state index in [1.165, 1.54) is 19.1 Å². The summed E-state index contributed by atoms with van der Waals surface area (Å²) >= 11 is 0. The maximum Gasteiger partial charge on any atom is 0.126 e. The molecule has 0 radical (unpaired) electrons. The summed E-state index contributed by atoms with van der Waals surface area (Å²) in [6, 6.07) is 0. The fourth-order valence-electron chi connectivity index (χ4n) is 1.68. The summed E-state index contributed by atoms with van der Waals surface area (Å²) < 4.78 is 0. The van der Waals surface area contributed by atoms with E-state index in [2.05, 4.69) is 6.92 Å². The zero-order valence-corrected chi connectivity index (χ0v) is 5.81. The van der Waals surface area contributed by atoms with E-state index in [0.29, 0.717) is 5.41 Å². The Hall–Kier alpha value is -0.330. The summed E-state index contributed by atoms with van der Waals surface area (Å²) in [5, 5.41) is 0. The monoisotopic (exact) mass is 124 g/mol. The van der Waals surface area contributed by atoms with E-state index in [1.807, 2.05) is 0 Å². The van der Waals surface area contributed by atoms with Gasteiger partial charge in [0.05, 0.1) is 0 Å². The topological polar surface area (TPSA) is 17.1 Å². The quantitative estimate of drug-likeness (QED) is 0.513. The van der Waals surface area contributed by atoms with Crippen molar-refractivity contribution in [2.45, 2.75) is 32.6 Å². The number of rotatable bonds is 2. The molecule has 2 aliphatic carbocycles. The van der Waals surface area contributed by atoms with Crippen molar-refractivity contribution < 1.29 is 4.79 Å². The van der Waals surface area contributed by atoms with Gasteiger partial charge in [-0.25, -0.2) is 0 Å². The molecule has 0 aromatic carbocycles. The summed E-state index contributed by atoms with van der Waals surface area (Å²) in [6.07, 6.45) is 6.08. The minimum atomic E-state index is 0.160. The van der Waals surface area contributed by atoms with Gasteiger partial charge < -0.3 is 4.79 Å². The highest BCUT2D eigenvalue weighted by molar-refractivity contribution is 5.66. The molecule has 0 atom stereocenters. The van der Waals surface area contributed by atoms with E-state index in [0.717, 1.165) is 12.8 Å². The molecule has 2 aliphatic rings. The molecule has 0 amide bonds. The van der Waals surface area contributed by atoms with Crippen LogP contribution in [0.5, 0.6) is 0 Å². The highest BCUT2D eigenvalue weighted by atomic mass is 16.1. The summed E-state index contributed by atoms with van der Waals surface area (Å²) in [4.78, 5) is 10.6. The van der Waals surface area contributed by atoms with Crippen LogP contribution in [0.1, 0.15) is 32.6 Å². The number of hydrogen-bond acceptors (Lipinski definition) is 1. The van der Waals surface area contributed by atoms with Crippen LogP contribution in [0.25, 0.3) is 0 Å². The van der Waals surface area contributed by atoms with Crippen molar-refractivity contribution in [2.75, 3.05) is 0 Å². The van der Waals surface area contributed by atoms with E-state index >= 15 is 0 Å². The summed E-state index contributed by atoms with van der Waals surface area (Å²) in [5.41, 5.74) is 0.599. The third-order valence-electron chi connectivity index (χ3n) is 3.22. The Balaban J connectivity index is 2.20. The Labute approximate surface area is 55.4 Å².